The van der Waals surface area contributed by atoms with Crippen molar-refractivity contribution in [2.45, 2.75) is 24.5 Å². The number of fused-ring (bicyclic) bond motifs is 1. The van der Waals surface area contributed by atoms with Crippen molar-refractivity contribution in [1.82, 2.24) is 0 Å². The number of thioether (sulfide) groups is 1. The van der Waals surface area contributed by atoms with Crippen LogP contribution in [0, 0.1) is 5.92 Å². The summed E-state index contributed by atoms with van der Waals surface area (Å²) in [5, 5.41) is 3.61. The van der Waals surface area contributed by atoms with Crippen LogP contribution in [-0.2, 0) is 10.5 Å². The van der Waals surface area contributed by atoms with Crippen molar-refractivity contribution < 1.29 is 14.3 Å². The smallest absolute Gasteiger partial charge is 0.231 e. The van der Waals surface area contributed by atoms with Crippen LogP contribution < -0.4 is 14.8 Å². The summed E-state index contributed by atoms with van der Waals surface area (Å²) in [5.41, 5.74) is 1.79. The lowest BCUT2D eigenvalue weighted by molar-refractivity contribution is -0.118. The molecule has 0 bridgehead atoms. The van der Waals surface area contributed by atoms with Gasteiger partial charge in [-0.25, -0.2) is 0 Å². The number of nitrogens with one attached hydrogen (secondary N) is 1. The summed E-state index contributed by atoms with van der Waals surface area (Å²) >= 11 is 7.94. The molecule has 0 saturated heterocycles. The Morgan fingerprint density at radius 1 is 1.25 bits per heavy atom. The molecule has 0 aromatic heterocycles. The van der Waals surface area contributed by atoms with Gasteiger partial charge in [0.2, 0.25) is 12.7 Å². The Balaban J connectivity index is 1.74. The second kappa shape index (κ2) is 7.36. The predicted octanol–water partition coefficient (Wildman–Crippen LogP) is 4.96. The molecule has 1 aliphatic heterocycles. The molecule has 1 N–H and O–H groups in total. The van der Waals surface area contributed by atoms with Crippen LogP contribution >= 0.6 is 23.4 Å². The summed E-state index contributed by atoms with van der Waals surface area (Å²) in [6, 6.07) is 11.5. The number of benzene rings is 2. The van der Waals surface area contributed by atoms with Gasteiger partial charge in [0, 0.05) is 27.7 Å². The van der Waals surface area contributed by atoms with Crippen molar-refractivity contribution in [2.24, 2.45) is 5.92 Å². The van der Waals surface area contributed by atoms with Gasteiger partial charge in [-0.2, -0.15) is 0 Å². The Morgan fingerprint density at radius 2 is 1.96 bits per heavy atom. The third-order valence-corrected chi connectivity index (χ3v) is 5.07. The van der Waals surface area contributed by atoms with Gasteiger partial charge in [0.05, 0.1) is 5.69 Å². The van der Waals surface area contributed by atoms with Crippen molar-refractivity contribution >= 4 is 35.0 Å². The van der Waals surface area contributed by atoms with Gasteiger partial charge in [0.15, 0.2) is 11.5 Å². The second-order valence-electron chi connectivity index (χ2n) is 5.73. The Bertz CT molecular complexity index is 764. The number of ether oxygens (including phenoxy) is 2. The van der Waals surface area contributed by atoms with Gasteiger partial charge in [-0.05, 0) is 23.8 Å². The number of amides is 1. The Kier molecular flexibility index (Phi) is 5.21. The van der Waals surface area contributed by atoms with Crippen molar-refractivity contribution in [3.8, 4) is 11.5 Å². The first-order valence-electron chi connectivity index (χ1n) is 7.65. The van der Waals surface area contributed by atoms with Crippen LogP contribution in [0.4, 0.5) is 5.69 Å². The van der Waals surface area contributed by atoms with Gasteiger partial charge >= 0.3 is 0 Å². The summed E-state index contributed by atoms with van der Waals surface area (Å²) in [4.78, 5) is 12.9. The van der Waals surface area contributed by atoms with Crippen LogP contribution in [0.3, 0.4) is 0 Å². The summed E-state index contributed by atoms with van der Waals surface area (Å²) in [5.74, 6) is 2.01. The maximum atomic E-state index is 11.9. The molecule has 126 valence electrons. The third-order valence-electron chi connectivity index (χ3n) is 3.59. The minimum atomic E-state index is -0.0636. The number of carbonyl (C=O) groups is 1. The van der Waals surface area contributed by atoms with E-state index >= 15 is 0 Å². The maximum absolute atomic E-state index is 11.9. The zero-order valence-electron chi connectivity index (χ0n) is 13.5. The summed E-state index contributed by atoms with van der Waals surface area (Å²) in [6.07, 6.45) is 0. The van der Waals surface area contributed by atoms with E-state index in [0.29, 0.717) is 16.5 Å². The summed E-state index contributed by atoms with van der Waals surface area (Å²) in [6.45, 7) is 3.97. The number of halogens is 1. The monoisotopic (exact) mass is 363 g/mol. The zero-order chi connectivity index (χ0) is 17.1. The van der Waals surface area contributed by atoms with E-state index in [4.69, 9.17) is 21.1 Å². The molecular weight excluding hydrogens is 346 g/mol. The molecule has 1 amide bonds. The number of carbonyl (C=O) groups excluding carboxylic acids is 1. The number of para-hydroxylation sites is 1. The van der Waals surface area contributed by atoms with Crippen LogP contribution in [-0.4, -0.2) is 12.7 Å². The SMILES string of the molecule is CC(C)C(=O)Nc1ccccc1SCc1cc2c(cc1Cl)OCO2. The van der Waals surface area contributed by atoms with Gasteiger partial charge in [0.1, 0.15) is 0 Å². The molecule has 0 radical (unpaired) electrons. The van der Waals surface area contributed by atoms with Crippen molar-refractivity contribution in [3.63, 3.8) is 0 Å². The van der Waals surface area contributed by atoms with Crippen LogP contribution in [0.2, 0.25) is 5.02 Å². The third kappa shape index (κ3) is 3.79. The topological polar surface area (TPSA) is 47.6 Å². The quantitative estimate of drug-likeness (QED) is 0.763. The lowest BCUT2D eigenvalue weighted by Gasteiger charge is -2.13. The van der Waals surface area contributed by atoms with E-state index < -0.39 is 0 Å². The van der Waals surface area contributed by atoms with Gasteiger partial charge < -0.3 is 14.8 Å². The molecule has 0 unspecified atom stereocenters. The molecule has 0 fully saturated rings. The lowest BCUT2D eigenvalue weighted by Crippen LogP contribution is -2.18. The molecule has 4 nitrogen and oxygen atoms in total. The fourth-order valence-electron chi connectivity index (χ4n) is 2.20. The highest BCUT2D eigenvalue weighted by Crippen LogP contribution is 2.39. The Labute approximate surface area is 150 Å². The molecular formula is C18H18ClNO3S. The molecule has 0 atom stereocenters. The molecule has 1 aliphatic rings. The molecule has 2 aromatic carbocycles. The molecule has 6 heteroatoms. The summed E-state index contributed by atoms with van der Waals surface area (Å²) < 4.78 is 10.7. The van der Waals surface area contributed by atoms with Crippen LogP contribution in [0.25, 0.3) is 0 Å². The average molecular weight is 364 g/mol. The Morgan fingerprint density at radius 3 is 2.71 bits per heavy atom. The molecule has 0 spiro atoms. The number of hydrogen-bond acceptors (Lipinski definition) is 4. The molecule has 24 heavy (non-hydrogen) atoms. The number of anilines is 1. The molecule has 1 heterocycles. The van der Waals surface area contributed by atoms with Crippen molar-refractivity contribution in [2.75, 3.05) is 12.1 Å². The highest BCUT2D eigenvalue weighted by atomic mass is 35.5. The first-order valence-corrected chi connectivity index (χ1v) is 9.01. The van der Waals surface area contributed by atoms with E-state index in [1.807, 2.05) is 44.2 Å². The first kappa shape index (κ1) is 17.0. The van der Waals surface area contributed by atoms with E-state index in [0.717, 1.165) is 21.9 Å². The van der Waals surface area contributed by atoms with Gasteiger partial charge in [-0.15, -0.1) is 11.8 Å². The minimum absolute atomic E-state index is 0.00385. The number of rotatable bonds is 5. The fraction of sp³-hybridized carbons (Fsp3) is 0.278. The fourth-order valence-corrected chi connectivity index (χ4v) is 3.50. The predicted molar refractivity (Wildman–Crippen MR) is 97.0 cm³/mol. The standard InChI is InChI=1S/C18H18ClNO3S/c1-11(2)18(21)20-14-5-3-4-6-17(14)24-9-12-7-15-16(8-13(12)19)23-10-22-15/h3-8,11H,9-10H2,1-2H3,(H,20,21). The van der Waals surface area contributed by atoms with Crippen molar-refractivity contribution in [1.29, 1.82) is 0 Å². The van der Waals surface area contributed by atoms with Crippen LogP contribution in [0.15, 0.2) is 41.3 Å². The molecule has 0 saturated carbocycles. The van der Waals surface area contributed by atoms with Gasteiger partial charge in [-0.3, -0.25) is 4.79 Å². The second-order valence-corrected chi connectivity index (χ2v) is 7.15. The average Bonchev–Trinajstić information content (AvgIpc) is 3.00. The maximum Gasteiger partial charge on any atom is 0.231 e. The molecule has 2 aromatic rings. The summed E-state index contributed by atoms with van der Waals surface area (Å²) in [7, 11) is 0. The normalized spacial score (nSPS) is 12.5. The number of hydrogen-bond donors (Lipinski definition) is 1. The van der Waals surface area contributed by atoms with Crippen molar-refractivity contribution in [3.05, 3.63) is 47.0 Å². The lowest BCUT2D eigenvalue weighted by atomic mass is 10.2. The highest BCUT2D eigenvalue weighted by Gasteiger charge is 2.17. The Hall–Kier alpha value is -1.85. The van der Waals surface area contributed by atoms with Gasteiger partial charge in [0.25, 0.3) is 0 Å². The molecule has 3 rings (SSSR count). The van der Waals surface area contributed by atoms with E-state index in [1.54, 1.807) is 17.8 Å². The zero-order valence-corrected chi connectivity index (χ0v) is 15.0. The van der Waals surface area contributed by atoms with E-state index in [-0.39, 0.29) is 18.6 Å². The first-order chi connectivity index (χ1) is 11.5. The largest absolute Gasteiger partial charge is 0.454 e. The van der Waals surface area contributed by atoms with Crippen LogP contribution in [0.1, 0.15) is 19.4 Å². The minimum Gasteiger partial charge on any atom is -0.454 e. The van der Waals surface area contributed by atoms with Crippen LogP contribution in [0.5, 0.6) is 11.5 Å². The van der Waals surface area contributed by atoms with Gasteiger partial charge in [-0.1, -0.05) is 37.6 Å². The van der Waals surface area contributed by atoms with E-state index in [1.165, 1.54) is 0 Å². The molecule has 0 aliphatic carbocycles. The highest BCUT2D eigenvalue weighted by molar-refractivity contribution is 7.98. The van der Waals surface area contributed by atoms with E-state index in [2.05, 4.69) is 5.32 Å². The van der Waals surface area contributed by atoms with E-state index in [9.17, 15) is 4.79 Å².